The van der Waals surface area contributed by atoms with E-state index < -0.39 is 23.7 Å². The standard InChI is InChI=1S/C27H23F2N3O3/c1-34-24-12-9-17(14-25(24)35-2)26-23-8-5-13-31(23)22-7-4-3-6-18(22)16-32(26)27(33)30-21-15-19(28)10-11-20(21)29/h3-15,26H,16H2,1-2H3,(H,30,33)/t26-/m1/s1. The lowest BCUT2D eigenvalue weighted by atomic mass is 10.0. The number of carbonyl (C=O) groups excluding carboxylic acids is 1. The van der Waals surface area contributed by atoms with Gasteiger partial charge in [-0.1, -0.05) is 24.3 Å². The second-order valence-electron chi connectivity index (χ2n) is 8.13. The van der Waals surface area contributed by atoms with Crippen LogP contribution in [0.1, 0.15) is 22.9 Å². The second-order valence-corrected chi connectivity index (χ2v) is 8.13. The number of carbonyl (C=O) groups is 1. The summed E-state index contributed by atoms with van der Waals surface area (Å²) in [6.07, 6.45) is 1.94. The number of nitrogens with one attached hydrogen (secondary N) is 1. The number of fused-ring (bicyclic) bond motifs is 3. The van der Waals surface area contributed by atoms with Crippen LogP contribution < -0.4 is 14.8 Å². The molecular weight excluding hydrogens is 452 g/mol. The first-order valence-electron chi connectivity index (χ1n) is 11.0. The summed E-state index contributed by atoms with van der Waals surface area (Å²) >= 11 is 0. The van der Waals surface area contributed by atoms with Gasteiger partial charge < -0.3 is 24.3 Å². The summed E-state index contributed by atoms with van der Waals surface area (Å²) < 4.78 is 41.1. The van der Waals surface area contributed by atoms with Crippen molar-refractivity contribution in [3.8, 4) is 17.2 Å². The molecule has 5 rings (SSSR count). The Hall–Kier alpha value is -4.33. The third-order valence-corrected chi connectivity index (χ3v) is 6.12. The number of ether oxygens (including phenoxy) is 2. The van der Waals surface area contributed by atoms with Crippen LogP contribution in [0.4, 0.5) is 19.3 Å². The van der Waals surface area contributed by atoms with E-state index in [1.54, 1.807) is 25.2 Å². The van der Waals surface area contributed by atoms with E-state index in [2.05, 4.69) is 5.32 Å². The van der Waals surface area contributed by atoms with Gasteiger partial charge in [0.25, 0.3) is 0 Å². The van der Waals surface area contributed by atoms with Crippen LogP contribution in [0, 0.1) is 11.6 Å². The second kappa shape index (κ2) is 9.13. The zero-order valence-corrected chi connectivity index (χ0v) is 19.2. The monoisotopic (exact) mass is 475 g/mol. The number of methoxy groups -OCH3 is 2. The molecule has 2 amide bonds. The van der Waals surface area contributed by atoms with Crippen molar-refractivity contribution in [3.05, 3.63) is 107 Å². The van der Waals surface area contributed by atoms with Gasteiger partial charge in [-0.2, -0.15) is 0 Å². The van der Waals surface area contributed by atoms with Crippen LogP contribution in [-0.2, 0) is 6.54 Å². The lowest BCUT2D eigenvalue weighted by molar-refractivity contribution is 0.194. The van der Waals surface area contributed by atoms with Crippen molar-refractivity contribution in [3.63, 3.8) is 0 Å². The number of rotatable bonds is 4. The number of urea groups is 1. The Kier molecular flexibility index (Phi) is 5.86. The summed E-state index contributed by atoms with van der Waals surface area (Å²) in [5.74, 6) is -0.294. The van der Waals surface area contributed by atoms with Gasteiger partial charge in [0.2, 0.25) is 0 Å². The quantitative estimate of drug-likeness (QED) is 0.399. The summed E-state index contributed by atoms with van der Waals surface area (Å²) in [6.45, 7) is 0.236. The fraction of sp³-hybridized carbons (Fsp3) is 0.148. The number of hydrogen-bond acceptors (Lipinski definition) is 3. The van der Waals surface area contributed by atoms with Crippen molar-refractivity contribution in [1.29, 1.82) is 0 Å². The van der Waals surface area contributed by atoms with Crippen LogP contribution in [0.15, 0.2) is 79.0 Å². The van der Waals surface area contributed by atoms with Crippen molar-refractivity contribution in [2.75, 3.05) is 19.5 Å². The minimum Gasteiger partial charge on any atom is -0.493 e. The molecule has 1 aromatic heterocycles. The Morgan fingerprint density at radius 1 is 0.943 bits per heavy atom. The van der Waals surface area contributed by atoms with E-state index in [9.17, 15) is 13.6 Å². The largest absolute Gasteiger partial charge is 0.493 e. The molecule has 1 atom stereocenters. The first-order chi connectivity index (χ1) is 17.0. The van der Waals surface area contributed by atoms with Crippen LogP contribution in [-0.4, -0.2) is 29.7 Å². The van der Waals surface area contributed by atoms with E-state index in [-0.39, 0.29) is 12.2 Å². The summed E-state index contributed by atoms with van der Waals surface area (Å²) in [6, 6.07) is 18.9. The van der Waals surface area contributed by atoms with Crippen molar-refractivity contribution < 1.29 is 23.0 Å². The number of amides is 2. The Morgan fingerprint density at radius 2 is 1.74 bits per heavy atom. The highest BCUT2D eigenvalue weighted by Gasteiger charge is 2.33. The topological polar surface area (TPSA) is 55.7 Å². The lowest BCUT2D eigenvalue weighted by Crippen LogP contribution is -2.38. The molecule has 6 nitrogen and oxygen atoms in total. The molecule has 0 unspecified atom stereocenters. The third-order valence-electron chi connectivity index (χ3n) is 6.12. The molecule has 0 fully saturated rings. The highest BCUT2D eigenvalue weighted by atomic mass is 19.1. The molecule has 0 spiro atoms. The predicted octanol–water partition coefficient (Wildman–Crippen LogP) is 5.91. The molecule has 0 bridgehead atoms. The SMILES string of the molecule is COc1ccc([C@@H]2c3cccn3-c3ccccc3CN2C(=O)Nc2cc(F)ccc2F)cc1OC. The van der Waals surface area contributed by atoms with E-state index in [0.717, 1.165) is 40.7 Å². The Bertz CT molecular complexity index is 1400. The highest BCUT2D eigenvalue weighted by molar-refractivity contribution is 5.90. The van der Waals surface area contributed by atoms with Crippen molar-refractivity contribution >= 4 is 11.7 Å². The summed E-state index contributed by atoms with van der Waals surface area (Å²) in [4.78, 5) is 15.2. The van der Waals surface area contributed by atoms with E-state index in [0.29, 0.717) is 11.5 Å². The molecule has 3 aromatic carbocycles. The number of anilines is 1. The fourth-order valence-electron chi connectivity index (χ4n) is 4.49. The molecular formula is C27H23F2N3O3. The fourth-order valence-corrected chi connectivity index (χ4v) is 4.49. The predicted molar refractivity (Wildman–Crippen MR) is 128 cm³/mol. The highest BCUT2D eigenvalue weighted by Crippen LogP contribution is 2.40. The number of para-hydroxylation sites is 1. The Morgan fingerprint density at radius 3 is 2.54 bits per heavy atom. The number of hydrogen-bond donors (Lipinski definition) is 1. The maximum Gasteiger partial charge on any atom is 0.323 e. The van der Waals surface area contributed by atoms with Gasteiger partial charge in [-0.25, -0.2) is 13.6 Å². The minimum absolute atomic E-state index is 0.228. The van der Waals surface area contributed by atoms with Gasteiger partial charge in [-0.05, 0) is 53.6 Å². The molecule has 1 N–H and O–H groups in total. The molecule has 0 aliphatic carbocycles. The first-order valence-corrected chi connectivity index (χ1v) is 11.0. The van der Waals surface area contributed by atoms with Crippen molar-refractivity contribution in [1.82, 2.24) is 9.47 Å². The van der Waals surface area contributed by atoms with Crippen LogP contribution >= 0.6 is 0 Å². The summed E-state index contributed by atoms with van der Waals surface area (Å²) in [5, 5.41) is 2.56. The smallest absolute Gasteiger partial charge is 0.323 e. The average Bonchev–Trinajstić information content (AvgIpc) is 3.30. The molecule has 4 aromatic rings. The van der Waals surface area contributed by atoms with Gasteiger partial charge in [0, 0.05) is 18.0 Å². The number of benzene rings is 3. The molecule has 8 heteroatoms. The van der Waals surface area contributed by atoms with Gasteiger partial charge >= 0.3 is 6.03 Å². The van der Waals surface area contributed by atoms with E-state index in [4.69, 9.17) is 9.47 Å². The number of nitrogens with zero attached hydrogens (tertiary/aromatic N) is 2. The normalized spacial score (nSPS) is 14.5. The maximum absolute atomic E-state index is 14.4. The van der Waals surface area contributed by atoms with E-state index in [1.807, 2.05) is 59.3 Å². The molecule has 2 heterocycles. The van der Waals surface area contributed by atoms with Crippen molar-refractivity contribution in [2.45, 2.75) is 12.6 Å². The third kappa shape index (κ3) is 4.07. The van der Waals surface area contributed by atoms with Gasteiger partial charge in [0.1, 0.15) is 11.6 Å². The zero-order valence-electron chi connectivity index (χ0n) is 19.2. The van der Waals surface area contributed by atoms with Crippen LogP contribution in [0.3, 0.4) is 0 Å². The molecule has 0 saturated heterocycles. The molecule has 178 valence electrons. The van der Waals surface area contributed by atoms with Crippen LogP contribution in [0.25, 0.3) is 5.69 Å². The maximum atomic E-state index is 14.4. The zero-order chi connectivity index (χ0) is 24.5. The molecule has 1 aliphatic heterocycles. The molecule has 35 heavy (non-hydrogen) atoms. The van der Waals surface area contributed by atoms with Gasteiger partial charge in [0.05, 0.1) is 38.2 Å². The summed E-state index contributed by atoms with van der Waals surface area (Å²) in [5.41, 5.74) is 3.21. The molecule has 1 aliphatic rings. The van der Waals surface area contributed by atoms with Crippen molar-refractivity contribution in [2.24, 2.45) is 0 Å². The first kappa shape index (κ1) is 22.5. The van der Waals surface area contributed by atoms with E-state index in [1.165, 1.54) is 0 Å². The van der Waals surface area contributed by atoms with E-state index >= 15 is 0 Å². The Labute approximate surface area is 201 Å². The van der Waals surface area contributed by atoms with Gasteiger partial charge in [-0.3, -0.25) is 0 Å². The average molecular weight is 475 g/mol. The van der Waals surface area contributed by atoms with Gasteiger partial charge in [-0.15, -0.1) is 0 Å². The van der Waals surface area contributed by atoms with Crippen LogP contribution in [0.5, 0.6) is 11.5 Å². The molecule has 0 radical (unpaired) electrons. The minimum atomic E-state index is -0.721. The number of aromatic nitrogens is 1. The molecule has 0 saturated carbocycles. The van der Waals surface area contributed by atoms with Crippen LogP contribution in [0.2, 0.25) is 0 Å². The lowest BCUT2D eigenvalue weighted by Gasteiger charge is -2.31. The van der Waals surface area contributed by atoms with Gasteiger partial charge in [0.15, 0.2) is 11.5 Å². The Balaban J connectivity index is 1.65. The summed E-state index contributed by atoms with van der Waals surface area (Å²) in [7, 11) is 3.10. The number of halogens is 2.